The first-order chi connectivity index (χ1) is 17.5. The molecule has 2 amide bonds. The number of aromatic nitrogens is 4. The van der Waals surface area contributed by atoms with Gasteiger partial charge in [0.15, 0.2) is 0 Å². The summed E-state index contributed by atoms with van der Waals surface area (Å²) >= 11 is 0. The number of hydrogen-bond donors (Lipinski definition) is 4. The molecule has 1 saturated heterocycles. The van der Waals surface area contributed by atoms with Gasteiger partial charge < -0.3 is 21.1 Å². The van der Waals surface area contributed by atoms with Gasteiger partial charge in [-0.1, -0.05) is 6.58 Å². The van der Waals surface area contributed by atoms with Crippen LogP contribution in [0, 0.1) is 0 Å². The molecule has 180 valence electrons. The van der Waals surface area contributed by atoms with Crippen LogP contribution in [-0.4, -0.2) is 54.7 Å². The van der Waals surface area contributed by atoms with Gasteiger partial charge in [0.2, 0.25) is 11.9 Å². The number of rotatable bonds is 7. The third kappa shape index (κ3) is 4.75. The van der Waals surface area contributed by atoms with E-state index in [1.807, 2.05) is 30.3 Å². The van der Waals surface area contributed by atoms with Crippen molar-refractivity contribution in [3.05, 3.63) is 73.7 Å². The number of nitrogens with one attached hydrogen (secondary N) is 3. The second-order valence-electron chi connectivity index (χ2n) is 8.04. The van der Waals surface area contributed by atoms with Crippen molar-refractivity contribution in [3.8, 4) is 11.4 Å². The lowest BCUT2D eigenvalue weighted by molar-refractivity contribution is -0.111. The molecule has 1 aromatic carbocycles. The summed E-state index contributed by atoms with van der Waals surface area (Å²) in [5, 5.41) is 19.1. The van der Waals surface area contributed by atoms with Crippen molar-refractivity contribution in [1.82, 2.24) is 24.8 Å². The van der Waals surface area contributed by atoms with Gasteiger partial charge in [-0.15, -0.1) is 0 Å². The number of carbonyl (C=O) groups excluding carboxylic acids is 1. The second kappa shape index (κ2) is 9.66. The topological polar surface area (TPSA) is 145 Å². The summed E-state index contributed by atoms with van der Waals surface area (Å²) in [5.74, 6) is 0.0598. The largest absolute Gasteiger partial charge is 0.465 e. The molecule has 1 aliphatic heterocycles. The van der Waals surface area contributed by atoms with Crippen molar-refractivity contribution in [2.75, 3.05) is 22.5 Å². The predicted octanol–water partition coefficient (Wildman–Crippen LogP) is 4.08. The number of amides is 2. The van der Waals surface area contributed by atoms with E-state index in [2.05, 4.69) is 42.5 Å². The molecule has 1 unspecified atom stereocenters. The van der Waals surface area contributed by atoms with Gasteiger partial charge in [-0.2, -0.15) is 0 Å². The molecule has 3 aromatic heterocycles. The zero-order valence-corrected chi connectivity index (χ0v) is 19.0. The first-order valence-electron chi connectivity index (χ1n) is 11.1. The van der Waals surface area contributed by atoms with E-state index >= 15 is 0 Å². The minimum Gasteiger partial charge on any atom is -0.465 e. The third-order valence-corrected chi connectivity index (χ3v) is 5.69. The van der Waals surface area contributed by atoms with Crippen LogP contribution in [0.3, 0.4) is 0 Å². The van der Waals surface area contributed by atoms with Crippen molar-refractivity contribution < 1.29 is 14.7 Å². The Morgan fingerprint density at radius 3 is 2.53 bits per heavy atom. The van der Waals surface area contributed by atoms with Crippen LogP contribution < -0.4 is 16.0 Å². The Morgan fingerprint density at radius 2 is 1.81 bits per heavy atom. The van der Waals surface area contributed by atoms with Crippen molar-refractivity contribution >= 4 is 45.9 Å². The molecule has 1 atom stereocenters. The van der Waals surface area contributed by atoms with Crippen LogP contribution in [0.4, 0.5) is 27.8 Å². The van der Waals surface area contributed by atoms with Gasteiger partial charge in [0.1, 0.15) is 17.4 Å². The third-order valence-electron chi connectivity index (χ3n) is 5.69. The predicted molar refractivity (Wildman–Crippen MR) is 136 cm³/mol. The monoisotopic (exact) mass is 482 g/mol. The number of pyridine rings is 2. The van der Waals surface area contributed by atoms with Crippen LogP contribution in [0.2, 0.25) is 0 Å². The van der Waals surface area contributed by atoms with Crippen LogP contribution in [0.25, 0.3) is 22.3 Å². The van der Waals surface area contributed by atoms with Crippen LogP contribution >= 0.6 is 0 Å². The molecule has 5 rings (SSSR count). The van der Waals surface area contributed by atoms with Crippen LogP contribution in [0.15, 0.2) is 73.7 Å². The Balaban J connectivity index is 1.36. The normalized spacial score (nSPS) is 14.6. The fraction of sp³-hybridized carbons (Fsp3) is 0.120. The van der Waals surface area contributed by atoms with E-state index in [1.54, 1.807) is 30.7 Å². The SMILES string of the molecule is C=CC(=O)Nc1ccnc(-c2nccc3cnc(Nc4ccc(NC5CCN5C(=O)O)cc4)nc23)c1. The lowest BCUT2D eigenvalue weighted by Crippen LogP contribution is -2.54. The highest BCUT2D eigenvalue weighted by molar-refractivity contribution is 5.99. The van der Waals surface area contributed by atoms with E-state index in [1.165, 1.54) is 11.0 Å². The van der Waals surface area contributed by atoms with Crippen molar-refractivity contribution in [1.29, 1.82) is 0 Å². The Kier molecular flexibility index (Phi) is 6.10. The minimum absolute atomic E-state index is 0.215. The second-order valence-corrected chi connectivity index (χ2v) is 8.04. The molecular formula is C25H22N8O3. The summed E-state index contributed by atoms with van der Waals surface area (Å²) in [5.41, 5.74) is 3.85. The summed E-state index contributed by atoms with van der Waals surface area (Å²) in [6.07, 6.45) is 5.77. The van der Waals surface area contributed by atoms with E-state index in [4.69, 9.17) is 5.11 Å². The van der Waals surface area contributed by atoms with Gasteiger partial charge in [-0.25, -0.2) is 14.8 Å². The van der Waals surface area contributed by atoms with Crippen molar-refractivity contribution in [2.45, 2.75) is 12.6 Å². The molecule has 1 aliphatic rings. The molecule has 0 spiro atoms. The molecule has 0 radical (unpaired) electrons. The molecule has 11 nitrogen and oxygen atoms in total. The van der Waals surface area contributed by atoms with Gasteiger partial charge >= 0.3 is 6.09 Å². The Labute approximate surface area is 205 Å². The average Bonchev–Trinajstić information content (AvgIpc) is 2.87. The molecule has 11 heteroatoms. The molecular weight excluding hydrogens is 460 g/mol. The molecule has 4 aromatic rings. The molecule has 0 aliphatic carbocycles. The van der Waals surface area contributed by atoms with Gasteiger partial charge in [0.25, 0.3) is 0 Å². The molecule has 36 heavy (non-hydrogen) atoms. The molecule has 0 saturated carbocycles. The van der Waals surface area contributed by atoms with E-state index in [0.29, 0.717) is 35.1 Å². The summed E-state index contributed by atoms with van der Waals surface area (Å²) in [6.45, 7) is 4.00. The summed E-state index contributed by atoms with van der Waals surface area (Å²) < 4.78 is 0. The van der Waals surface area contributed by atoms with Gasteiger partial charge in [-0.05, 0) is 48.5 Å². The lowest BCUT2D eigenvalue weighted by atomic mass is 10.1. The number of fused-ring (bicyclic) bond motifs is 1. The minimum atomic E-state index is -0.928. The van der Waals surface area contributed by atoms with Gasteiger partial charge in [0, 0.05) is 54.0 Å². The number of likely N-dealkylation sites (tertiary alicyclic amines) is 1. The highest BCUT2D eigenvalue weighted by atomic mass is 16.4. The Hall–Kier alpha value is -5.06. The Bertz CT molecular complexity index is 1460. The van der Waals surface area contributed by atoms with Crippen LogP contribution in [0.1, 0.15) is 6.42 Å². The fourth-order valence-electron chi connectivity index (χ4n) is 3.77. The summed E-state index contributed by atoms with van der Waals surface area (Å²) in [6, 6.07) is 12.7. The van der Waals surface area contributed by atoms with E-state index in [0.717, 1.165) is 23.2 Å². The lowest BCUT2D eigenvalue weighted by Gasteiger charge is -2.39. The fourth-order valence-corrected chi connectivity index (χ4v) is 3.77. The number of carboxylic acid groups (broad SMARTS) is 1. The standard InChI is InChI=1S/C25H22N8O3/c1-2-21(34)30-18-8-11-26-19(13-18)23-22-15(7-10-27-23)14-28-24(32-22)31-17-5-3-16(4-6-17)29-20-9-12-33(20)25(35)36/h2-8,10-11,13-14,20,29H,1,9,12H2,(H,35,36)(H,26,30,34)(H,28,31,32). The maximum absolute atomic E-state index is 11.7. The number of benzene rings is 1. The smallest absolute Gasteiger partial charge is 0.408 e. The van der Waals surface area contributed by atoms with Crippen LogP contribution in [-0.2, 0) is 4.79 Å². The van der Waals surface area contributed by atoms with Crippen LogP contribution in [0.5, 0.6) is 0 Å². The first kappa shape index (κ1) is 22.7. The number of anilines is 4. The molecule has 4 heterocycles. The van der Waals surface area contributed by atoms with E-state index in [9.17, 15) is 9.59 Å². The highest BCUT2D eigenvalue weighted by Crippen LogP contribution is 2.27. The quantitative estimate of drug-likeness (QED) is 0.286. The van der Waals surface area contributed by atoms with Gasteiger partial charge in [0.05, 0.1) is 5.69 Å². The summed E-state index contributed by atoms with van der Waals surface area (Å²) in [4.78, 5) is 42.1. The van der Waals surface area contributed by atoms with Crippen molar-refractivity contribution in [2.24, 2.45) is 0 Å². The molecule has 1 fully saturated rings. The molecule has 0 bridgehead atoms. The maximum atomic E-state index is 11.7. The van der Waals surface area contributed by atoms with E-state index < -0.39 is 6.09 Å². The first-order valence-corrected chi connectivity index (χ1v) is 11.1. The zero-order valence-electron chi connectivity index (χ0n) is 19.0. The zero-order chi connectivity index (χ0) is 25.1. The average molecular weight is 483 g/mol. The highest BCUT2D eigenvalue weighted by Gasteiger charge is 2.31. The van der Waals surface area contributed by atoms with Crippen molar-refractivity contribution in [3.63, 3.8) is 0 Å². The number of hydrogen-bond acceptors (Lipinski definition) is 8. The van der Waals surface area contributed by atoms with Gasteiger partial charge in [-0.3, -0.25) is 19.7 Å². The Morgan fingerprint density at radius 1 is 1.03 bits per heavy atom. The van der Waals surface area contributed by atoms with E-state index in [-0.39, 0.29) is 12.1 Å². The maximum Gasteiger partial charge on any atom is 0.408 e. The number of nitrogens with zero attached hydrogens (tertiary/aromatic N) is 5. The number of carbonyl (C=O) groups is 2. The summed E-state index contributed by atoms with van der Waals surface area (Å²) in [7, 11) is 0. The molecule has 4 N–H and O–H groups in total.